The fraction of sp³-hybridized carbons (Fsp3) is 0.500. The molecule has 1 aromatic carbocycles. The molecule has 102 valence electrons. The second-order valence-corrected chi connectivity index (χ2v) is 6.76. The quantitative estimate of drug-likeness (QED) is 0.468. The Bertz CT molecular complexity index is 459. The van der Waals surface area contributed by atoms with E-state index in [2.05, 4.69) is 37.8 Å². The van der Waals surface area contributed by atoms with Crippen molar-refractivity contribution in [1.29, 1.82) is 0 Å². The maximum atomic E-state index is 5.74. The van der Waals surface area contributed by atoms with Crippen LogP contribution in [0.3, 0.4) is 0 Å². The molecule has 1 heterocycles. The largest absolute Gasteiger partial charge is 0.229 e. The van der Waals surface area contributed by atoms with E-state index in [1.807, 2.05) is 17.8 Å². The molecule has 0 radical (unpaired) electrons. The number of fused-ring (bicyclic) bond motifs is 2. The van der Waals surface area contributed by atoms with E-state index < -0.39 is 0 Å². The first kappa shape index (κ1) is 13.2. The maximum absolute atomic E-state index is 5.74. The lowest BCUT2D eigenvalue weighted by atomic mass is 9.75. The van der Waals surface area contributed by atoms with Crippen molar-refractivity contribution >= 4 is 11.8 Å². The summed E-state index contributed by atoms with van der Waals surface area (Å²) in [6.45, 7) is 6.24. The number of thioether (sulfide) groups is 1. The number of benzene rings is 1. The van der Waals surface area contributed by atoms with Gasteiger partial charge in [-0.25, -0.2) is 9.78 Å². The molecule has 2 fully saturated rings. The first-order valence-electron chi connectivity index (χ1n) is 6.87. The van der Waals surface area contributed by atoms with Crippen LogP contribution < -0.4 is 0 Å². The summed E-state index contributed by atoms with van der Waals surface area (Å²) in [6.07, 6.45) is 3.42. The van der Waals surface area contributed by atoms with Gasteiger partial charge < -0.3 is 0 Å². The molecule has 3 atom stereocenters. The summed E-state index contributed by atoms with van der Waals surface area (Å²) in [6, 6.07) is 10.5. The van der Waals surface area contributed by atoms with E-state index in [9.17, 15) is 0 Å². The van der Waals surface area contributed by atoms with Crippen LogP contribution in [-0.2, 0) is 9.78 Å². The molecule has 1 saturated heterocycles. The molecule has 0 amide bonds. The molecule has 1 saturated carbocycles. The Morgan fingerprint density at radius 2 is 2.16 bits per heavy atom. The highest BCUT2D eigenvalue weighted by atomic mass is 32.2. The van der Waals surface area contributed by atoms with E-state index in [1.54, 1.807) is 0 Å². The molecular weight excluding hydrogens is 256 g/mol. The molecule has 3 rings (SSSR count). The number of hydrogen-bond donors (Lipinski definition) is 0. The van der Waals surface area contributed by atoms with Crippen molar-refractivity contribution in [2.75, 3.05) is 5.75 Å². The van der Waals surface area contributed by atoms with Gasteiger partial charge in [-0.3, -0.25) is 0 Å². The van der Waals surface area contributed by atoms with Gasteiger partial charge in [-0.2, -0.15) is 0 Å². The molecule has 1 aliphatic carbocycles. The molecule has 0 N–H and O–H groups in total. The standard InChI is InChI=1S/C16H20O2S/c1-12-8-9-13-10-15(12)17-18-16(13,2)11-19-14-6-4-3-5-7-14/h3-7,13,15H,1,8-11H2,2H3/t13?,15?,16-/m0/s1. The van der Waals surface area contributed by atoms with Gasteiger partial charge in [-0.15, -0.1) is 11.8 Å². The Hall–Kier alpha value is -0.770. The summed E-state index contributed by atoms with van der Waals surface area (Å²) in [5.74, 6) is 1.51. The topological polar surface area (TPSA) is 18.5 Å². The molecule has 0 aromatic heterocycles. The monoisotopic (exact) mass is 276 g/mol. The van der Waals surface area contributed by atoms with Gasteiger partial charge in [0.25, 0.3) is 0 Å². The predicted octanol–water partition coefficient (Wildman–Crippen LogP) is 4.22. The van der Waals surface area contributed by atoms with E-state index >= 15 is 0 Å². The van der Waals surface area contributed by atoms with Crippen LogP contribution in [0, 0.1) is 5.92 Å². The van der Waals surface area contributed by atoms with Crippen molar-refractivity contribution in [2.24, 2.45) is 5.92 Å². The van der Waals surface area contributed by atoms with Gasteiger partial charge >= 0.3 is 0 Å². The zero-order valence-electron chi connectivity index (χ0n) is 11.3. The van der Waals surface area contributed by atoms with Crippen LogP contribution in [0.1, 0.15) is 26.2 Å². The van der Waals surface area contributed by atoms with E-state index in [4.69, 9.17) is 9.78 Å². The highest BCUT2D eigenvalue weighted by Crippen LogP contribution is 2.44. The lowest BCUT2D eigenvalue weighted by Gasteiger charge is -2.46. The molecule has 2 bridgehead atoms. The van der Waals surface area contributed by atoms with Crippen molar-refractivity contribution in [3.05, 3.63) is 42.5 Å². The average molecular weight is 276 g/mol. The summed E-state index contributed by atoms with van der Waals surface area (Å²) < 4.78 is 0. The predicted molar refractivity (Wildman–Crippen MR) is 78.0 cm³/mol. The van der Waals surface area contributed by atoms with Gasteiger partial charge in [0, 0.05) is 10.6 Å². The molecule has 1 aromatic rings. The normalized spacial score (nSPS) is 34.3. The fourth-order valence-electron chi connectivity index (χ4n) is 2.85. The lowest BCUT2D eigenvalue weighted by molar-refractivity contribution is -0.411. The molecule has 2 aliphatic rings. The van der Waals surface area contributed by atoms with Crippen LogP contribution in [-0.4, -0.2) is 17.5 Å². The molecule has 2 unspecified atom stereocenters. The highest BCUT2D eigenvalue weighted by Gasteiger charge is 2.45. The summed E-state index contributed by atoms with van der Waals surface area (Å²) in [5, 5.41) is 0. The number of hydrogen-bond acceptors (Lipinski definition) is 3. The first-order chi connectivity index (χ1) is 9.17. The van der Waals surface area contributed by atoms with Gasteiger partial charge in [-0.1, -0.05) is 24.8 Å². The van der Waals surface area contributed by atoms with Gasteiger partial charge in [0.2, 0.25) is 0 Å². The van der Waals surface area contributed by atoms with Gasteiger partial charge in [0.15, 0.2) is 0 Å². The zero-order valence-corrected chi connectivity index (χ0v) is 12.1. The second kappa shape index (κ2) is 5.31. The molecule has 1 aliphatic heterocycles. The van der Waals surface area contributed by atoms with Crippen LogP contribution in [0.15, 0.2) is 47.4 Å². The summed E-state index contributed by atoms with van der Waals surface area (Å²) in [4.78, 5) is 12.6. The van der Waals surface area contributed by atoms with Crippen molar-refractivity contribution in [2.45, 2.75) is 42.8 Å². The van der Waals surface area contributed by atoms with Crippen LogP contribution in [0.2, 0.25) is 0 Å². The van der Waals surface area contributed by atoms with Gasteiger partial charge in [-0.05, 0) is 49.8 Å². The van der Waals surface area contributed by atoms with E-state index in [0.29, 0.717) is 5.92 Å². The Morgan fingerprint density at radius 3 is 2.95 bits per heavy atom. The van der Waals surface area contributed by atoms with E-state index in [0.717, 1.165) is 18.6 Å². The second-order valence-electron chi connectivity index (χ2n) is 5.71. The maximum Gasteiger partial charge on any atom is 0.114 e. The van der Waals surface area contributed by atoms with Crippen molar-refractivity contribution in [3.8, 4) is 0 Å². The van der Waals surface area contributed by atoms with Crippen LogP contribution in [0.5, 0.6) is 0 Å². The third-order valence-corrected chi connectivity index (χ3v) is 5.58. The highest BCUT2D eigenvalue weighted by molar-refractivity contribution is 7.99. The third-order valence-electron chi connectivity index (χ3n) is 4.25. The van der Waals surface area contributed by atoms with Crippen LogP contribution in [0.25, 0.3) is 0 Å². The molecule has 0 spiro atoms. The molecule has 19 heavy (non-hydrogen) atoms. The minimum absolute atomic E-state index is 0.119. The molecule has 3 heteroatoms. The van der Waals surface area contributed by atoms with E-state index in [-0.39, 0.29) is 11.7 Å². The molecule has 2 nitrogen and oxygen atoms in total. The summed E-state index contributed by atoms with van der Waals surface area (Å²) in [5.41, 5.74) is 1.01. The smallest absolute Gasteiger partial charge is 0.114 e. The van der Waals surface area contributed by atoms with Gasteiger partial charge in [0.1, 0.15) is 11.7 Å². The van der Waals surface area contributed by atoms with E-state index in [1.165, 1.54) is 16.9 Å². The molecular formula is C16H20O2S. The Morgan fingerprint density at radius 1 is 1.37 bits per heavy atom. The average Bonchev–Trinajstić information content (AvgIpc) is 2.45. The summed E-state index contributed by atoms with van der Waals surface area (Å²) >= 11 is 1.84. The Balaban J connectivity index is 1.65. The fourth-order valence-corrected chi connectivity index (χ4v) is 3.93. The Labute approximate surface area is 119 Å². The number of rotatable bonds is 3. The van der Waals surface area contributed by atoms with Crippen molar-refractivity contribution in [1.82, 2.24) is 0 Å². The van der Waals surface area contributed by atoms with Crippen LogP contribution >= 0.6 is 11.8 Å². The van der Waals surface area contributed by atoms with Crippen LogP contribution in [0.4, 0.5) is 0 Å². The minimum atomic E-state index is -0.183. The third kappa shape index (κ3) is 2.73. The van der Waals surface area contributed by atoms with Crippen molar-refractivity contribution in [3.63, 3.8) is 0 Å². The summed E-state index contributed by atoms with van der Waals surface area (Å²) in [7, 11) is 0. The lowest BCUT2D eigenvalue weighted by Crippen LogP contribution is -2.49. The first-order valence-corrected chi connectivity index (χ1v) is 7.86. The van der Waals surface area contributed by atoms with Crippen molar-refractivity contribution < 1.29 is 9.78 Å². The van der Waals surface area contributed by atoms with Gasteiger partial charge in [0.05, 0.1) is 0 Å². The zero-order chi connectivity index (χ0) is 13.3. The SMILES string of the molecule is C=C1CCC2CC1OO[C@@]2(C)CSc1ccccc1. The minimum Gasteiger partial charge on any atom is -0.229 e. The Kier molecular flexibility index (Phi) is 3.70.